The Bertz CT molecular complexity index is 866. The molecule has 0 aliphatic carbocycles. The summed E-state index contributed by atoms with van der Waals surface area (Å²) in [7, 11) is 0. The minimum Gasteiger partial charge on any atom is -0.465 e. The predicted octanol–water partition coefficient (Wildman–Crippen LogP) is 2.80. The molecular weight excluding hydrogens is 374 g/mol. The highest BCUT2D eigenvalue weighted by Gasteiger charge is 2.22. The van der Waals surface area contributed by atoms with E-state index in [1.807, 2.05) is 0 Å². The standard InChI is InChI=1S/C21H23N3O5/c25-20(14-16-3-5-18(6-4-16)24(27)28)22-15-17-9-11-23(12-10-17)21(26)8-7-19-2-1-13-29-19/h1-8,13,17H,9-12,14-15H2,(H,22,25)/b8-7+. The zero-order valence-electron chi connectivity index (χ0n) is 16.0. The Labute approximate surface area is 168 Å². The summed E-state index contributed by atoms with van der Waals surface area (Å²) in [6.07, 6.45) is 6.59. The highest BCUT2D eigenvalue weighted by atomic mass is 16.6. The molecule has 0 radical (unpaired) electrons. The van der Waals surface area contributed by atoms with Gasteiger partial charge in [-0.25, -0.2) is 0 Å². The summed E-state index contributed by atoms with van der Waals surface area (Å²) in [5, 5.41) is 13.6. The van der Waals surface area contributed by atoms with Crippen molar-refractivity contribution in [3.05, 3.63) is 70.2 Å². The van der Waals surface area contributed by atoms with Crippen LogP contribution in [0.5, 0.6) is 0 Å². The van der Waals surface area contributed by atoms with Crippen molar-refractivity contribution >= 4 is 23.6 Å². The number of hydrogen-bond acceptors (Lipinski definition) is 5. The van der Waals surface area contributed by atoms with Crippen LogP contribution in [0, 0.1) is 16.0 Å². The molecule has 2 aromatic rings. The molecule has 0 spiro atoms. The number of hydrogen-bond donors (Lipinski definition) is 1. The molecule has 29 heavy (non-hydrogen) atoms. The average molecular weight is 397 g/mol. The van der Waals surface area contributed by atoms with Crippen molar-refractivity contribution in [3.8, 4) is 0 Å². The van der Waals surface area contributed by atoms with E-state index in [1.165, 1.54) is 18.2 Å². The minimum atomic E-state index is -0.465. The number of amides is 2. The topological polar surface area (TPSA) is 106 Å². The van der Waals surface area contributed by atoms with Crippen LogP contribution in [0.3, 0.4) is 0 Å². The van der Waals surface area contributed by atoms with Crippen molar-refractivity contribution in [1.29, 1.82) is 0 Å². The second-order valence-corrected chi connectivity index (χ2v) is 7.02. The molecular formula is C21H23N3O5. The molecule has 8 nitrogen and oxygen atoms in total. The molecule has 1 fully saturated rings. The number of rotatable bonds is 7. The molecule has 1 aliphatic rings. The molecule has 1 aromatic carbocycles. The van der Waals surface area contributed by atoms with E-state index >= 15 is 0 Å². The van der Waals surface area contributed by atoms with Crippen molar-refractivity contribution in [2.45, 2.75) is 19.3 Å². The number of carbonyl (C=O) groups excluding carboxylic acids is 2. The number of furan rings is 1. The van der Waals surface area contributed by atoms with Gasteiger partial charge in [0.05, 0.1) is 17.6 Å². The molecule has 1 aliphatic heterocycles. The third-order valence-electron chi connectivity index (χ3n) is 4.96. The number of benzene rings is 1. The van der Waals surface area contributed by atoms with Crippen molar-refractivity contribution in [2.24, 2.45) is 5.92 Å². The number of nitrogens with zero attached hydrogens (tertiary/aromatic N) is 2. The van der Waals surface area contributed by atoms with Crippen LogP contribution in [-0.2, 0) is 16.0 Å². The Morgan fingerprint density at radius 2 is 1.93 bits per heavy atom. The lowest BCUT2D eigenvalue weighted by Crippen LogP contribution is -2.41. The summed E-state index contributed by atoms with van der Waals surface area (Å²) in [5.41, 5.74) is 0.742. The third-order valence-corrected chi connectivity index (χ3v) is 4.96. The monoisotopic (exact) mass is 397 g/mol. The normalized spacial score (nSPS) is 14.8. The number of nitrogens with one attached hydrogen (secondary N) is 1. The van der Waals surface area contributed by atoms with Crippen LogP contribution in [-0.4, -0.2) is 41.3 Å². The van der Waals surface area contributed by atoms with E-state index in [0.29, 0.717) is 31.3 Å². The van der Waals surface area contributed by atoms with Gasteiger partial charge in [-0.3, -0.25) is 19.7 Å². The number of non-ortho nitro benzene ring substituents is 1. The Hall–Kier alpha value is -3.42. The van der Waals surface area contributed by atoms with Crippen molar-refractivity contribution in [1.82, 2.24) is 10.2 Å². The lowest BCUT2D eigenvalue weighted by Gasteiger charge is -2.31. The fraction of sp³-hybridized carbons (Fsp3) is 0.333. The first-order valence-electron chi connectivity index (χ1n) is 9.52. The Kier molecular flexibility index (Phi) is 6.78. The first-order valence-corrected chi connectivity index (χ1v) is 9.52. The number of nitro groups is 1. The molecule has 3 rings (SSSR count). The summed E-state index contributed by atoms with van der Waals surface area (Å²) in [4.78, 5) is 36.3. The highest BCUT2D eigenvalue weighted by molar-refractivity contribution is 5.91. The van der Waals surface area contributed by atoms with Crippen molar-refractivity contribution < 1.29 is 18.9 Å². The second-order valence-electron chi connectivity index (χ2n) is 7.02. The quantitative estimate of drug-likeness (QED) is 0.439. The van der Waals surface area contributed by atoms with Crippen molar-refractivity contribution in [2.75, 3.05) is 19.6 Å². The molecule has 0 saturated carbocycles. The first-order chi connectivity index (χ1) is 14.0. The van der Waals surface area contributed by atoms with Crippen LogP contribution in [0.25, 0.3) is 6.08 Å². The van der Waals surface area contributed by atoms with E-state index in [9.17, 15) is 19.7 Å². The molecule has 2 amide bonds. The first kappa shape index (κ1) is 20.3. The lowest BCUT2D eigenvalue weighted by atomic mass is 9.96. The minimum absolute atomic E-state index is 0.00877. The molecule has 0 unspecified atom stereocenters. The Morgan fingerprint density at radius 1 is 1.21 bits per heavy atom. The number of carbonyl (C=O) groups is 2. The summed E-state index contributed by atoms with van der Waals surface area (Å²) >= 11 is 0. The SMILES string of the molecule is O=C(Cc1ccc([N+](=O)[O-])cc1)NCC1CCN(C(=O)/C=C/c2ccco2)CC1. The van der Waals surface area contributed by atoms with Crippen molar-refractivity contribution in [3.63, 3.8) is 0 Å². The molecule has 2 heterocycles. The van der Waals surface area contributed by atoms with Gasteiger partial charge in [-0.15, -0.1) is 0 Å². The van der Waals surface area contributed by atoms with Gasteiger partial charge in [0.1, 0.15) is 5.76 Å². The van der Waals surface area contributed by atoms with Crippen LogP contribution in [0.15, 0.2) is 53.2 Å². The zero-order chi connectivity index (χ0) is 20.6. The van der Waals surface area contributed by atoms with Gasteiger partial charge in [0.25, 0.3) is 5.69 Å². The van der Waals surface area contributed by atoms with Gasteiger partial charge in [0, 0.05) is 37.8 Å². The molecule has 8 heteroatoms. The van der Waals surface area contributed by atoms with E-state index < -0.39 is 4.92 Å². The van der Waals surface area contributed by atoms with Crippen LogP contribution in [0.2, 0.25) is 0 Å². The van der Waals surface area contributed by atoms with E-state index in [0.717, 1.165) is 18.4 Å². The third kappa shape index (κ3) is 6.03. The van der Waals surface area contributed by atoms with Gasteiger partial charge in [0.15, 0.2) is 0 Å². The number of likely N-dealkylation sites (tertiary alicyclic amines) is 1. The van der Waals surface area contributed by atoms with Gasteiger partial charge < -0.3 is 14.6 Å². The maximum Gasteiger partial charge on any atom is 0.269 e. The van der Waals surface area contributed by atoms with E-state index in [1.54, 1.807) is 41.5 Å². The smallest absolute Gasteiger partial charge is 0.269 e. The van der Waals surface area contributed by atoms with Gasteiger partial charge in [-0.1, -0.05) is 12.1 Å². The predicted molar refractivity (Wildman–Crippen MR) is 107 cm³/mol. The van der Waals surface area contributed by atoms with Gasteiger partial charge in [-0.05, 0) is 42.5 Å². The van der Waals surface area contributed by atoms with E-state index in [4.69, 9.17) is 4.42 Å². The highest BCUT2D eigenvalue weighted by Crippen LogP contribution is 2.17. The van der Waals surface area contributed by atoms with Crippen LogP contribution < -0.4 is 5.32 Å². The lowest BCUT2D eigenvalue weighted by molar-refractivity contribution is -0.384. The number of nitro benzene ring substituents is 1. The van der Waals surface area contributed by atoms with E-state index in [2.05, 4.69) is 5.32 Å². The summed E-state index contributed by atoms with van der Waals surface area (Å²) in [6, 6.07) is 9.54. The van der Waals surface area contributed by atoms with Crippen LogP contribution in [0.1, 0.15) is 24.2 Å². The Balaban J connectivity index is 1.37. The van der Waals surface area contributed by atoms with Gasteiger partial charge >= 0.3 is 0 Å². The molecule has 152 valence electrons. The fourth-order valence-corrected chi connectivity index (χ4v) is 3.24. The Morgan fingerprint density at radius 3 is 2.55 bits per heavy atom. The maximum atomic E-state index is 12.2. The van der Waals surface area contributed by atoms with Crippen LogP contribution in [0.4, 0.5) is 5.69 Å². The fourth-order valence-electron chi connectivity index (χ4n) is 3.24. The van der Waals surface area contributed by atoms with Crippen LogP contribution >= 0.6 is 0 Å². The zero-order valence-corrected chi connectivity index (χ0v) is 16.0. The average Bonchev–Trinajstić information content (AvgIpc) is 3.25. The molecule has 0 bridgehead atoms. The largest absolute Gasteiger partial charge is 0.465 e. The molecule has 1 N–H and O–H groups in total. The van der Waals surface area contributed by atoms with Gasteiger partial charge in [-0.2, -0.15) is 0 Å². The molecule has 1 saturated heterocycles. The van der Waals surface area contributed by atoms with Gasteiger partial charge in [0.2, 0.25) is 11.8 Å². The summed E-state index contributed by atoms with van der Waals surface area (Å²) in [5.74, 6) is 0.818. The second kappa shape index (κ2) is 9.68. The van der Waals surface area contributed by atoms with E-state index in [-0.39, 0.29) is 23.9 Å². The molecule has 0 atom stereocenters. The number of piperidine rings is 1. The summed E-state index contributed by atoms with van der Waals surface area (Å²) in [6.45, 7) is 1.88. The maximum absolute atomic E-state index is 12.2. The molecule has 1 aromatic heterocycles. The summed E-state index contributed by atoms with van der Waals surface area (Å²) < 4.78 is 5.17.